The van der Waals surface area contributed by atoms with Crippen LogP contribution in [-0.2, 0) is 4.79 Å². The molecule has 21 heavy (non-hydrogen) atoms. The maximum absolute atomic E-state index is 12.1. The van der Waals surface area contributed by atoms with Crippen molar-refractivity contribution < 1.29 is 9.59 Å². The van der Waals surface area contributed by atoms with Gasteiger partial charge >= 0.3 is 0 Å². The maximum Gasteiger partial charge on any atom is 0.251 e. The van der Waals surface area contributed by atoms with Crippen LogP contribution in [0.15, 0.2) is 54.6 Å². The van der Waals surface area contributed by atoms with Crippen LogP contribution < -0.4 is 5.32 Å². The summed E-state index contributed by atoms with van der Waals surface area (Å²) in [6, 6.07) is 17.1. The standard InChI is InChI=1S/C17H15NO2S/c19-16(18-15-10-11-21-17(15)20)14-8-6-13(7-9-14)12-4-2-1-3-5-12/h1-9,15H,10-11H2,(H,18,19)/t15-/m1/s1. The zero-order valence-electron chi connectivity index (χ0n) is 11.4. The number of thioether (sulfide) groups is 1. The normalized spacial score (nSPS) is 17.7. The van der Waals surface area contributed by atoms with Gasteiger partial charge in [0, 0.05) is 11.3 Å². The second-order valence-electron chi connectivity index (χ2n) is 4.93. The van der Waals surface area contributed by atoms with Crippen LogP contribution in [0.25, 0.3) is 11.1 Å². The molecule has 0 aliphatic carbocycles. The van der Waals surface area contributed by atoms with Gasteiger partial charge in [-0.15, -0.1) is 0 Å². The lowest BCUT2D eigenvalue weighted by molar-refractivity contribution is -0.112. The molecule has 1 N–H and O–H groups in total. The highest BCUT2D eigenvalue weighted by atomic mass is 32.2. The van der Waals surface area contributed by atoms with Gasteiger partial charge in [0.05, 0.1) is 6.04 Å². The highest BCUT2D eigenvalue weighted by molar-refractivity contribution is 8.14. The molecule has 0 bridgehead atoms. The van der Waals surface area contributed by atoms with E-state index in [0.717, 1.165) is 23.3 Å². The molecule has 106 valence electrons. The summed E-state index contributed by atoms with van der Waals surface area (Å²) in [6.45, 7) is 0. The first kappa shape index (κ1) is 13.9. The van der Waals surface area contributed by atoms with Gasteiger partial charge in [-0.05, 0) is 29.7 Å². The van der Waals surface area contributed by atoms with Crippen molar-refractivity contribution in [2.24, 2.45) is 0 Å². The number of hydrogen-bond donors (Lipinski definition) is 1. The minimum absolute atomic E-state index is 0.0595. The van der Waals surface area contributed by atoms with Gasteiger partial charge in [-0.3, -0.25) is 9.59 Å². The molecule has 3 nitrogen and oxygen atoms in total. The summed E-state index contributed by atoms with van der Waals surface area (Å²) in [7, 11) is 0. The smallest absolute Gasteiger partial charge is 0.251 e. The van der Waals surface area contributed by atoms with Gasteiger partial charge in [-0.25, -0.2) is 0 Å². The fraction of sp³-hybridized carbons (Fsp3) is 0.176. The number of nitrogens with one attached hydrogen (secondary N) is 1. The first-order valence-electron chi connectivity index (χ1n) is 6.87. The van der Waals surface area contributed by atoms with Crippen molar-refractivity contribution in [1.29, 1.82) is 0 Å². The average Bonchev–Trinajstić information content (AvgIpc) is 2.93. The minimum Gasteiger partial charge on any atom is -0.341 e. The van der Waals surface area contributed by atoms with E-state index in [1.54, 1.807) is 12.1 Å². The third kappa shape index (κ3) is 3.16. The molecule has 1 aliphatic heterocycles. The Labute approximate surface area is 127 Å². The predicted octanol–water partition coefficient (Wildman–Crippen LogP) is 3.12. The fourth-order valence-electron chi connectivity index (χ4n) is 2.31. The number of carbonyl (C=O) groups excluding carboxylic acids is 2. The molecule has 0 saturated carbocycles. The van der Waals surface area contributed by atoms with E-state index in [0.29, 0.717) is 5.56 Å². The number of amides is 1. The molecule has 4 heteroatoms. The summed E-state index contributed by atoms with van der Waals surface area (Å²) in [5.74, 6) is 0.604. The van der Waals surface area contributed by atoms with Gasteiger partial charge in [0.25, 0.3) is 5.91 Å². The van der Waals surface area contributed by atoms with Crippen molar-refractivity contribution in [2.45, 2.75) is 12.5 Å². The molecule has 0 spiro atoms. The number of hydrogen-bond acceptors (Lipinski definition) is 3. The Morgan fingerprint density at radius 1 is 1.00 bits per heavy atom. The van der Waals surface area contributed by atoms with E-state index in [1.165, 1.54) is 11.8 Å². The van der Waals surface area contributed by atoms with Crippen LogP contribution in [0.1, 0.15) is 16.8 Å². The summed E-state index contributed by atoms with van der Waals surface area (Å²) in [6.07, 6.45) is 0.720. The lowest BCUT2D eigenvalue weighted by atomic mass is 10.0. The maximum atomic E-state index is 12.1. The van der Waals surface area contributed by atoms with Crippen LogP contribution in [0, 0.1) is 0 Å². The molecule has 0 radical (unpaired) electrons. The molecular formula is C17H15NO2S. The van der Waals surface area contributed by atoms with Crippen LogP contribution >= 0.6 is 11.8 Å². The summed E-state index contributed by atoms with van der Waals surface area (Å²) < 4.78 is 0. The molecule has 2 aromatic rings. The molecule has 1 fully saturated rings. The molecule has 1 amide bonds. The molecule has 1 heterocycles. The predicted molar refractivity (Wildman–Crippen MR) is 85.2 cm³/mol. The Bertz CT molecular complexity index is 652. The van der Waals surface area contributed by atoms with E-state index in [1.807, 2.05) is 42.5 Å². The molecule has 1 aliphatic rings. The van der Waals surface area contributed by atoms with Gasteiger partial charge in [-0.1, -0.05) is 54.2 Å². The van der Waals surface area contributed by atoms with Crippen LogP contribution in [0.2, 0.25) is 0 Å². The van der Waals surface area contributed by atoms with E-state index in [9.17, 15) is 9.59 Å². The second kappa shape index (κ2) is 6.14. The van der Waals surface area contributed by atoms with E-state index in [2.05, 4.69) is 5.32 Å². The number of benzene rings is 2. The summed E-state index contributed by atoms with van der Waals surface area (Å²) in [5, 5.41) is 2.85. The summed E-state index contributed by atoms with van der Waals surface area (Å²) >= 11 is 1.29. The lowest BCUT2D eigenvalue weighted by Crippen LogP contribution is -2.37. The highest BCUT2D eigenvalue weighted by Crippen LogP contribution is 2.21. The third-order valence-electron chi connectivity index (χ3n) is 3.49. The van der Waals surface area contributed by atoms with Crippen LogP contribution in [0.4, 0.5) is 0 Å². The molecule has 1 saturated heterocycles. The van der Waals surface area contributed by atoms with Gasteiger partial charge in [-0.2, -0.15) is 0 Å². The van der Waals surface area contributed by atoms with Crippen LogP contribution in [-0.4, -0.2) is 22.8 Å². The Kier molecular flexibility index (Phi) is 4.06. The van der Waals surface area contributed by atoms with Gasteiger partial charge in [0.15, 0.2) is 0 Å². The summed E-state index contributed by atoms with van der Waals surface area (Å²) in [4.78, 5) is 23.6. The topological polar surface area (TPSA) is 46.2 Å². The third-order valence-corrected chi connectivity index (χ3v) is 4.50. The Balaban J connectivity index is 1.72. The Morgan fingerprint density at radius 3 is 2.29 bits per heavy atom. The van der Waals surface area contributed by atoms with E-state index >= 15 is 0 Å². The van der Waals surface area contributed by atoms with Crippen LogP contribution in [0.3, 0.4) is 0 Å². The SMILES string of the molecule is O=C(N[C@@H]1CCSC1=O)c1ccc(-c2ccccc2)cc1. The Morgan fingerprint density at radius 2 is 1.67 bits per heavy atom. The zero-order valence-corrected chi connectivity index (χ0v) is 12.2. The van der Waals surface area contributed by atoms with Crippen LogP contribution in [0.5, 0.6) is 0 Å². The highest BCUT2D eigenvalue weighted by Gasteiger charge is 2.26. The van der Waals surface area contributed by atoms with Crippen molar-refractivity contribution >= 4 is 22.8 Å². The number of carbonyl (C=O) groups is 2. The first-order chi connectivity index (χ1) is 10.2. The van der Waals surface area contributed by atoms with E-state index < -0.39 is 0 Å². The van der Waals surface area contributed by atoms with Crippen molar-refractivity contribution in [3.63, 3.8) is 0 Å². The van der Waals surface area contributed by atoms with Crippen molar-refractivity contribution in [2.75, 3.05) is 5.75 Å². The lowest BCUT2D eigenvalue weighted by Gasteiger charge is -2.10. The van der Waals surface area contributed by atoms with Crippen molar-refractivity contribution in [1.82, 2.24) is 5.32 Å². The van der Waals surface area contributed by atoms with Crippen molar-refractivity contribution in [3.8, 4) is 11.1 Å². The fourth-order valence-corrected chi connectivity index (χ4v) is 3.25. The second-order valence-corrected chi connectivity index (χ2v) is 6.02. The van der Waals surface area contributed by atoms with Gasteiger partial charge < -0.3 is 5.32 Å². The summed E-state index contributed by atoms with van der Waals surface area (Å²) in [5.41, 5.74) is 2.77. The van der Waals surface area contributed by atoms with Crippen molar-refractivity contribution in [3.05, 3.63) is 60.2 Å². The Hall–Kier alpha value is -2.07. The largest absolute Gasteiger partial charge is 0.341 e. The average molecular weight is 297 g/mol. The van der Waals surface area contributed by atoms with E-state index in [4.69, 9.17) is 0 Å². The van der Waals surface area contributed by atoms with E-state index in [-0.39, 0.29) is 17.1 Å². The molecule has 0 aromatic heterocycles. The van der Waals surface area contributed by atoms with Gasteiger partial charge in [0.1, 0.15) is 0 Å². The quantitative estimate of drug-likeness (QED) is 0.947. The molecule has 1 atom stereocenters. The molecule has 2 aromatic carbocycles. The molecule has 0 unspecified atom stereocenters. The molecule has 3 rings (SSSR count). The zero-order chi connectivity index (χ0) is 14.7. The monoisotopic (exact) mass is 297 g/mol. The molecular weight excluding hydrogens is 282 g/mol. The minimum atomic E-state index is -0.337. The van der Waals surface area contributed by atoms with Gasteiger partial charge in [0.2, 0.25) is 5.12 Å². The first-order valence-corrected chi connectivity index (χ1v) is 7.85. The number of rotatable bonds is 3.